The van der Waals surface area contributed by atoms with Crippen LogP contribution in [-0.2, 0) is 21.2 Å². The monoisotopic (exact) mass is 286 g/mol. The number of hydrogen-bond donors (Lipinski definition) is 3. The number of benzene rings is 1. The second-order valence-corrected chi connectivity index (χ2v) is 5.75. The minimum absolute atomic E-state index is 0.121. The van der Waals surface area contributed by atoms with Gasteiger partial charge in [0.05, 0.1) is 4.90 Å². The van der Waals surface area contributed by atoms with Gasteiger partial charge in [-0.2, -0.15) is 0 Å². The Balaban J connectivity index is 2.78. The Morgan fingerprint density at radius 2 is 2.11 bits per heavy atom. The maximum Gasteiger partial charge on any atom is 0.249 e. The lowest BCUT2D eigenvalue weighted by atomic mass is 10.2. The summed E-state index contributed by atoms with van der Waals surface area (Å²) in [4.78, 5) is 11.2. The number of carbonyl (C=O) groups excluding carboxylic acids is 1. The number of aryl methyl sites for hydroxylation is 1. The van der Waals surface area contributed by atoms with E-state index in [0.29, 0.717) is 0 Å². The van der Waals surface area contributed by atoms with Crippen LogP contribution >= 0.6 is 0 Å². The molecule has 1 amide bonds. The third kappa shape index (κ3) is 4.30. The Hall–Kier alpha value is -1.44. The minimum atomic E-state index is -3.72. The molecular weight excluding hydrogens is 268 g/mol. The highest BCUT2D eigenvalue weighted by Gasteiger charge is 2.19. The zero-order valence-electron chi connectivity index (χ0n) is 10.9. The quantitative estimate of drug-likeness (QED) is 0.665. The molecule has 0 radical (unpaired) electrons. The lowest BCUT2D eigenvalue weighted by molar-refractivity contribution is -0.128. The zero-order chi connectivity index (χ0) is 14.5. The standard InChI is InChI=1S/C12H18N2O4S/c1-3-9-5-4-6-10(7-9)19(17,18)14-8-11(15)12(16)13-2/h4-7,11,14-15H,3,8H2,1-2H3,(H,13,16)/t11-/m0/s1. The van der Waals surface area contributed by atoms with E-state index in [-0.39, 0.29) is 11.4 Å². The fraction of sp³-hybridized carbons (Fsp3) is 0.417. The highest BCUT2D eigenvalue weighted by atomic mass is 32.2. The van der Waals surface area contributed by atoms with Crippen LogP contribution in [0.3, 0.4) is 0 Å². The number of hydrogen-bond acceptors (Lipinski definition) is 4. The molecule has 0 unspecified atom stereocenters. The summed E-state index contributed by atoms with van der Waals surface area (Å²) in [6.07, 6.45) is -0.682. The first-order valence-electron chi connectivity index (χ1n) is 5.89. The second-order valence-electron chi connectivity index (χ2n) is 3.98. The van der Waals surface area contributed by atoms with Crippen LogP contribution in [0, 0.1) is 0 Å². The summed E-state index contributed by atoms with van der Waals surface area (Å²) in [5.41, 5.74) is 0.898. The van der Waals surface area contributed by atoms with Gasteiger partial charge in [-0.1, -0.05) is 19.1 Å². The van der Waals surface area contributed by atoms with E-state index in [0.717, 1.165) is 12.0 Å². The molecule has 7 heteroatoms. The molecule has 3 N–H and O–H groups in total. The third-order valence-corrected chi connectivity index (χ3v) is 4.05. The highest BCUT2D eigenvalue weighted by Crippen LogP contribution is 2.11. The number of sulfonamides is 1. The van der Waals surface area contributed by atoms with Gasteiger partial charge in [-0.05, 0) is 24.1 Å². The van der Waals surface area contributed by atoms with Gasteiger partial charge in [-0.25, -0.2) is 13.1 Å². The SMILES string of the molecule is CCc1cccc(S(=O)(=O)NC[C@H](O)C(=O)NC)c1. The number of likely N-dealkylation sites (N-methyl/N-ethyl adjacent to an activating group) is 1. The molecule has 0 spiro atoms. The van der Waals surface area contributed by atoms with Gasteiger partial charge in [0.2, 0.25) is 15.9 Å². The van der Waals surface area contributed by atoms with Crippen LogP contribution in [0.15, 0.2) is 29.2 Å². The molecule has 0 bridgehead atoms. The smallest absolute Gasteiger partial charge is 0.249 e. The Morgan fingerprint density at radius 3 is 2.68 bits per heavy atom. The van der Waals surface area contributed by atoms with Crippen LogP contribution in [0.25, 0.3) is 0 Å². The van der Waals surface area contributed by atoms with Crippen molar-refractivity contribution in [2.45, 2.75) is 24.3 Å². The molecule has 1 aromatic rings. The van der Waals surface area contributed by atoms with E-state index in [4.69, 9.17) is 0 Å². The fourth-order valence-corrected chi connectivity index (χ4v) is 2.57. The number of aliphatic hydroxyl groups excluding tert-OH is 1. The molecule has 0 heterocycles. The van der Waals surface area contributed by atoms with Crippen molar-refractivity contribution in [2.24, 2.45) is 0 Å². The molecule has 0 fully saturated rings. The molecule has 0 aliphatic heterocycles. The van der Waals surface area contributed by atoms with Gasteiger partial charge >= 0.3 is 0 Å². The van der Waals surface area contributed by atoms with E-state index in [1.54, 1.807) is 12.1 Å². The van der Waals surface area contributed by atoms with Crippen molar-refractivity contribution in [2.75, 3.05) is 13.6 Å². The Labute approximate surface area is 112 Å². The van der Waals surface area contributed by atoms with Crippen molar-refractivity contribution in [1.29, 1.82) is 0 Å². The van der Waals surface area contributed by atoms with E-state index in [9.17, 15) is 18.3 Å². The van der Waals surface area contributed by atoms with Crippen molar-refractivity contribution >= 4 is 15.9 Å². The molecule has 6 nitrogen and oxygen atoms in total. The van der Waals surface area contributed by atoms with Crippen LogP contribution in [0.1, 0.15) is 12.5 Å². The van der Waals surface area contributed by atoms with Gasteiger partial charge in [0.15, 0.2) is 0 Å². The van der Waals surface area contributed by atoms with Crippen LogP contribution in [0.4, 0.5) is 0 Å². The molecule has 1 atom stereocenters. The number of amides is 1. The topological polar surface area (TPSA) is 95.5 Å². The van der Waals surface area contributed by atoms with Crippen molar-refractivity contribution in [1.82, 2.24) is 10.0 Å². The summed E-state index contributed by atoms with van der Waals surface area (Å²) in [7, 11) is -2.35. The normalized spacial score (nSPS) is 13.0. The summed E-state index contributed by atoms with van der Waals surface area (Å²) in [6, 6.07) is 6.52. The second kappa shape index (κ2) is 6.65. The Bertz CT molecular complexity index is 542. The number of aliphatic hydroxyl groups is 1. The molecule has 19 heavy (non-hydrogen) atoms. The van der Waals surface area contributed by atoms with Gasteiger partial charge < -0.3 is 10.4 Å². The van der Waals surface area contributed by atoms with Crippen LogP contribution in [-0.4, -0.2) is 39.1 Å². The molecule has 0 saturated heterocycles. The molecule has 1 rings (SSSR count). The van der Waals surface area contributed by atoms with Gasteiger partial charge in [0, 0.05) is 13.6 Å². The van der Waals surface area contributed by atoms with Gasteiger partial charge in [-0.15, -0.1) is 0 Å². The Morgan fingerprint density at radius 1 is 1.42 bits per heavy atom. The molecule has 0 aromatic heterocycles. The fourth-order valence-electron chi connectivity index (χ4n) is 1.46. The summed E-state index contributed by atoms with van der Waals surface area (Å²) in [5.74, 6) is -0.634. The zero-order valence-corrected chi connectivity index (χ0v) is 11.7. The van der Waals surface area contributed by atoms with Gasteiger partial charge in [0.1, 0.15) is 6.10 Å². The van der Waals surface area contributed by atoms with E-state index in [2.05, 4.69) is 10.0 Å². The molecule has 0 aliphatic rings. The average Bonchev–Trinajstić information content (AvgIpc) is 2.43. The highest BCUT2D eigenvalue weighted by molar-refractivity contribution is 7.89. The average molecular weight is 286 g/mol. The van der Waals surface area contributed by atoms with Crippen LogP contribution < -0.4 is 10.0 Å². The number of carbonyl (C=O) groups is 1. The van der Waals surface area contributed by atoms with Crippen molar-refractivity contribution in [3.8, 4) is 0 Å². The largest absolute Gasteiger partial charge is 0.382 e. The maximum absolute atomic E-state index is 12.0. The van der Waals surface area contributed by atoms with Gasteiger partial charge in [0.25, 0.3) is 0 Å². The molecule has 106 valence electrons. The lowest BCUT2D eigenvalue weighted by Gasteiger charge is -2.11. The van der Waals surface area contributed by atoms with E-state index < -0.39 is 22.0 Å². The summed E-state index contributed by atoms with van der Waals surface area (Å²) < 4.78 is 26.1. The van der Waals surface area contributed by atoms with Crippen molar-refractivity contribution in [3.05, 3.63) is 29.8 Å². The van der Waals surface area contributed by atoms with E-state index in [1.807, 2.05) is 13.0 Å². The summed E-state index contributed by atoms with van der Waals surface area (Å²) >= 11 is 0. The maximum atomic E-state index is 12.0. The predicted octanol–water partition coefficient (Wildman–Crippen LogP) is -0.366. The first-order chi connectivity index (χ1) is 8.90. The summed E-state index contributed by atoms with van der Waals surface area (Å²) in [5, 5.41) is 11.6. The minimum Gasteiger partial charge on any atom is -0.382 e. The van der Waals surface area contributed by atoms with E-state index in [1.165, 1.54) is 13.1 Å². The first-order valence-corrected chi connectivity index (χ1v) is 7.37. The lowest BCUT2D eigenvalue weighted by Crippen LogP contribution is -2.41. The molecule has 1 aromatic carbocycles. The van der Waals surface area contributed by atoms with Crippen LogP contribution in [0.5, 0.6) is 0 Å². The third-order valence-electron chi connectivity index (χ3n) is 2.63. The van der Waals surface area contributed by atoms with Crippen molar-refractivity contribution in [3.63, 3.8) is 0 Å². The summed E-state index contributed by atoms with van der Waals surface area (Å²) in [6.45, 7) is 1.56. The Kier molecular flexibility index (Phi) is 5.46. The van der Waals surface area contributed by atoms with Gasteiger partial charge in [-0.3, -0.25) is 4.79 Å². The number of nitrogens with one attached hydrogen (secondary N) is 2. The molecular formula is C12H18N2O4S. The first kappa shape index (κ1) is 15.6. The number of rotatable bonds is 6. The predicted molar refractivity (Wildman–Crippen MR) is 71.1 cm³/mol. The molecule has 0 aliphatic carbocycles. The molecule has 0 saturated carbocycles. The van der Waals surface area contributed by atoms with Crippen LogP contribution in [0.2, 0.25) is 0 Å². The van der Waals surface area contributed by atoms with E-state index >= 15 is 0 Å². The van der Waals surface area contributed by atoms with Crippen molar-refractivity contribution < 1.29 is 18.3 Å².